The Bertz CT molecular complexity index is 1660. The minimum absolute atomic E-state index is 0.0339. The third kappa shape index (κ3) is 5.12. The summed E-state index contributed by atoms with van der Waals surface area (Å²) in [5.74, 6) is -0.974. The summed E-state index contributed by atoms with van der Waals surface area (Å²) in [6.45, 7) is -1.43. The molecular weight excluding hydrogens is 510 g/mol. The lowest BCUT2D eigenvalue weighted by molar-refractivity contribution is -0.274. The molecule has 10 nitrogen and oxygen atoms in total. The molecule has 1 N–H and O–H groups in total. The summed E-state index contributed by atoms with van der Waals surface area (Å²) in [4.78, 5) is 25.7. The number of halogens is 6. The van der Waals surface area contributed by atoms with E-state index in [1.807, 2.05) is 5.32 Å². The van der Waals surface area contributed by atoms with Crippen LogP contribution in [0.3, 0.4) is 0 Å². The second-order valence-electron chi connectivity index (χ2n) is 7.53. The summed E-state index contributed by atoms with van der Waals surface area (Å²) in [5.41, 5.74) is -0.0878. The molecule has 0 saturated carbocycles. The Morgan fingerprint density at radius 2 is 1.73 bits per heavy atom. The first kappa shape index (κ1) is 24.0. The van der Waals surface area contributed by atoms with Crippen molar-refractivity contribution in [2.24, 2.45) is 0 Å². The van der Waals surface area contributed by atoms with Gasteiger partial charge in [0.15, 0.2) is 11.3 Å². The van der Waals surface area contributed by atoms with Crippen molar-refractivity contribution in [1.82, 2.24) is 34.1 Å². The molecule has 0 atom stereocenters. The molecule has 190 valence electrons. The summed E-state index contributed by atoms with van der Waals surface area (Å²) in [6.07, 6.45) is -5.43. The quantitative estimate of drug-likeness (QED) is 0.348. The van der Waals surface area contributed by atoms with Gasteiger partial charge in [-0.05, 0) is 36.4 Å². The van der Waals surface area contributed by atoms with Crippen molar-refractivity contribution >= 4 is 22.8 Å². The monoisotopic (exact) mass is 522 g/mol. The molecule has 4 aromatic heterocycles. The van der Waals surface area contributed by atoms with Crippen LogP contribution in [0.4, 0.5) is 32.3 Å². The van der Waals surface area contributed by atoms with Crippen molar-refractivity contribution in [3.8, 4) is 22.7 Å². The van der Waals surface area contributed by atoms with Crippen LogP contribution in [-0.2, 0) is 0 Å². The fraction of sp³-hybridized carbons (Fsp3) is 0.143. The molecule has 0 fully saturated rings. The molecule has 0 saturated heterocycles. The lowest BCUT2D eigenvalue weighted by atomic mass is 10.2. The Kier molecular flexibility index (Phi) is 5.65. The molecular formula is C21H12F6N8O2. The van der Waals surface area contributed by atoms with Gasteiger partial charge in [0.1, 0.15) is 29.8 Å². The molecule has 16 heteroatoms. The number of hydrogen-bond donors (Lipinski definition) is 1. The third-order valence-corrected chi connectivity index (χ3v) is 4.94. The predicted molar refractivity (Wildman–Crippen MR) is 116 cm³/mol. The first-order valence-electron chi connectivity index (χ1n) is 10.2. The number of benzene rings is 1. The van der Waals surface area contributed by atoms with E-state index in [9.17, 15) is 31.1 Å². The maximum absolute atomic E-state index is 13.6. The number of aromatic nitrogens is 7. The molecule has 5 rings (SSSR count). The van der Waals surface area contributed by atoms with E-state index >= 15 is 0 Å². The van der Waals surface area contributed by atoms with E-state index in [1.165, 1.54) is 29.1 Å². The predicted octanol–water partition coefficient (Wildman–Crippen LogP) is 3.76. The fourth-order valence-corrected chi connectivity index (χ4v) is 3.44. The Hall–Kier alpha value is -4.76. The zero-order chi connectivity index (χ0) is 26.4. The maximum Gasteiger partial charge on any atom is 0.573 e. The van der Waals surface area contributed by atoms with E-state index in [2.05, 4.69) is 29.9 Å². The number of ether oxygens (including phenoxy) is 1. The van der Waals surface area contributed by atoms with Gasteiger partial charge < -0.3 is 10.1 Å². The van der Waals surface area contributed by atoms with Crippen molar-refractivity contribution in [2.45, 2.75) is 12.5 Å². The molecule has 0 spiro atoms. The van der Waals surface area contributed by atoms with E-state index < -0.39 is 36.3 Å². The standard InChI is InChI=1S/C21H12F6N8O2/c22-20(23,24)9-29-19-28-7-14-17(32-19)35(12-2-4-13(5-3-12)37-21(25,26)27)18(36)16(31-14)11-1-6-15-33-30-10-34(15)8-11/h1-8,10H,9H2,(H,28,29,32). The lowest BCUT2D eigenvalue weighted by Crippen LogP contribution is -2.25. The number of fused-ring (bicyclic) bond motifs is 2. The number of nitrogens with zero attached hydrogens (tertiary/aromatic N) is 7. The van der Waals surface area contributed by atoms with Gasteiger partial charge in [0.2, 0.25) is 5.95 Å². The van der Waals surface area contributed by atoms with Gasteiger partial charge in [-0.3, -0.25) is 13.8 Å². The highest BCUT2D eigenvalue weighted by atomic mass is 19.4. The number of rotatable bonds is 5. The van der Waals surface area contributed by atoms with Gasteiger partial charge in [-0.15, -0.1) is 23.4 Å². The molecule has 0 amide bonds. The minimum atomic E-state index is -4.93. The highest BCUT2D eigenvalue weighted by molar-refractivity contribution is 5.76. The van der Waals surface area contributed by atoms with Crippen molar-refractivity contribution in [2.75, 3.05) is 11.9 Å². The Morgan fingerprint density at radius 1 is 0.973 bits per heavy atom. The second-order valence-corrected chi connectivity index (χ2v) is 7.53. The fourth-order valence-electron chi connectivity index (χ4n) is 3.44. The van der Waals surface area contributed by atoms with Crippen LogP contribution in [-0.4, -0.2) is 53.2 Å². The molecule has 0 radical (unpaired) electrons. The molecule has 0 unspecified atom stereocenters. The van der Waals surface area contributed by atoms with Gasteiger partial charge in [-0.1, -0.05) is 0 Å². The van der Waals surface area contributed by atoms with Crippen molar-refractivity contribution in [1.29, 1.82) is 0 Å². The Balaban J connectivity index is 1.68. The van der Waals surface area contributed by atoms with Crippen LogP contribution in [0, 0.1) is 0 Å². The van der Waals surface area contributed by atoms with E-state index in [-0.39, 0.29) is 22.5 Å². The molecule has 0 aliphatic rings. The molecule has 4 heterocycles. The SMILES string of the molecule is O=c1c(-c2ccc3nncn3c2)nc2cnc(NCC(F)(F)F)nc2n1-c1ccc(OC(F)(F)F)cc1. The number of hydrogen-bond acceptors (Lipinski definition) is 8. The van der Waals surface area contributed by atoms with Gasteiger partial charge in [0, 0.05) is 11.8 Å². The van der Waals surface area contributed by atoms with Crippen LogP contribution < -0.4 is 15.6 Å². The van der Waals surface area contributed by atoms with Crippen LogP contribution in [0.5, 0.6) is 5.75 Å². The van der Waals surface area contributed by atoms with E-state index in [1.54, 1.807) is 12.1 Å². The van der Waals surface area contributed by atoms with Crippen molar-refractivity contribution in [3.63, 3.8) is 0 Å². The molecule has 5 aromatic rings. The van der Waals surface area contributed by atoms with Crippen molar-refractivity contribution in [3.05, 3.63) is 65.5 Å². The molecule has 37 heavy (non-hydrogen) atoms. The zero-order valence-corrected chi connectivity index (χ0v) is 18.1. The Labute approximate surface area is 201 Å². The largest absolute Gasteiger partial charge is 0.573 e. The lowest BCUT2D eigenvalue weighted by Gasteiger charge is -2.14. The van der Waals surface area contributed by atoms with Crippen LogP contribution in [0.15, 0.2) is 59.9 Å². The first-order valence-corrected chi connectivity index (χ1v) is 10.2. The topological polar surface area (TPSA) is 112 Å². The minimum Gasteiger partial charge on any atom is -0.406 e. The van der Waals surface area contributed by atoms with Gasteiger partial charge in [0.25, 0.3) is 5.56 Å². The summed E-state index contributed by atoms with van der Waals surface area (Å²) < 4.78 is 82.1. The Morgan fingerprint density at radius 3 is 2.43 bits per heavy atom. The summed E-state index contributed by atoms with van der Waals surface area (Å²) in [5, 5.41) is 9.66. The normalized spacial score (nSPS) is 12.3. The van der Waals surface area contributed by atoms with E-state index in [4.69, 9.17) is 0 Å². The molecule has 0 aliphatic heterocycles. The van der Waals surface area contributed by atoms with Crippen LogP contribution >= 0.6 is 0 Å². The number of pyridine rings is 1. The summed E-state index contributed by atoms with van der Waals surface area (Å²) in [6, 6.07) is 7.44. The maximum atomic E-state index is 13.6. The van der Waals surface area contributed by atoms with Gasteiger partial charge >= 0.3 is 12.5 Å². The van der Waals surface area contributed by atoms with Gasteiger partial charge in [-0.25, -0.2) is 9.97 Å². The summed E-state index contributed by atoms with van der Waals surface area (Å²) in [7, 11) is 0. The van der Waals surface area contributed by atoms with Gasteiger partial charge in [0.05, 0.1) is 11.9 Å². The summed E-state index contributed by atoms with van der Waals surface area (Å²) >= 11 is 0. The highest BCUT2D eigenvalue weighted by Crippen LogP contribution is 2.25. The van der Waals surface area contributed by atoms with Gasteiger partial charge in [-0.2, -0.15) is 18.2 Å². The van der Waals surface area contributed by atoms with Crippen LogP contribution in [0.25, 0.3) is 33.8 Å². The highest BCUT2D eigenvalue weighted by Gasteiger charge is 2.31. The smallest absolute Gasteiger partial charge is 0.406 e. The van der Waals surface area contributed by atoms with Crippen LogP contribution in [0.1, 0.15) is 0 Å². The molecule has 1 aromatic carbocycles. The number of nitrogens with one attached hydrogen (secondary N) is 1. The first-order chi connectivity index (χ1) is 17.5. The number of alkyl halides is 6. The second kappa shape index (κ2) is 8.72. The van der Waals surface area contributed by atoms with Crippen molar-refractivity contribution < 1.29 is 31.1 Å². The molecule has 0 bridgehead atoms. The number of anilines is 1. The molecule has 0 aliphatic carbocycles. The zero-order valence-electron chi connectivity index (χ0n) is 18.1. The average Bonchev–Trinajstić information content (AvgIpc) is 3.30. The van der Waals surface area contributed by atoms with E-state index in [0.717, 1.165) is 22.9 Å². The van der Waals surface area contributed by atoms with Crippen LogP contribution in [0.2, 0.25) is 0 Å². The third-order valence-electron chi connectivity index (χ3n) is 4.94. The van der Waals surface area contributed by atoms with E-state index in [0.29, 0.717) is 11.2 Å². The average molecular weight is 522 g/mol.